The Balaban J connectivity index is 1.62. The van der Waals surface area contributed by atoms with E-state index in [1.165, 1.54) is 11.3 Å². The lowest BCUT2D eigenvalue weighted by Gasteiger charge is -2.01. The fourth-order valence-corrected chi connectivity index (χ4v) is 3.45. The van der Waals surface area contributed by atoms with Crippen molar-refractivity contribution in [3.8, 4) is 0 Å². The van der Waals surface area contributed by atoms with Crippen LogP contribution in [0.25, 0.3) is 0 Å². The predicted molar refractivity (Wildman–Crippen MR) is 94.7 cm³/mol. The van der Waals surface area contributed by atoms with Crippen molar-refractivity contribution in [1.82, 2.24) is 10.1 Å². The molecule has 0 fully saturated rings. The highest BCUT2D eigenvalue weighted by atomic mass is 35.5. The molecule has 0 unspecified atom stereocenters. The van der Waals surface area contributed by atoms with E-state index in [9.17, 15) is 4.79 Å². The molecule has 0 bridgehead atoms. The number of halogens is 1. The summed E-state index contributed by atoms with van der Waals surface area (Å²) in [6.45, 7) is 3.63. The summed E-state index contributed by atoms with van der Waals surface area (Å²) in [7, 11) is 0. The minimum Gasteiger partial charge on any atom is -0.361 e. The Kier molecular flexibility index (Phi) is 4.97. The van der Waals surface area contributed by atoms with Gasteiger partial charge in [-0.05, 0) is 31.5 Å². The maximum absolute atomic E-state index is 12.2. The van der Waals surface area contributed by atoms with E-state index in [0.717, 1.165) is 28.1 Å². The second-order valence-corrected chi connectivity index (χ2v) is 7.02. The zero-order valence-corrected chi connectivity index (χ0v) is 14.9. The molecule has 2 aromatic heterocycles. The molecule has 2 heterocycles. The largest absolute Gasteiger partial charge is 0.361 e. The molecule has 0 aliphatic rings. The van der Waals surface area contributed by atoms with Gasteiger partial charge < -0.3 is 9.84 Å². The van der Waals surface area contributed by atoms with Gasteiger partial charge in [0, 0.05) is 28.1 Å². The first kappa shape index (κ1) is 16.7. The molecule has 0 aliphatic heterocycles. The number of nitrogens with zero attached hydrogens (tertiary/aromatic N) is 2. The van der Waals surface area contributed by atoms with Crippen molar-refractivity contribution in [2.45, 2.75) is 26.7 Å². The number of carbonyl (C=O) groups excluding carboxylic acids is 1. The predicted octanol–water partition coefficient (Wildman–Crippen LogP) is 4.17. The molecule has 7 heteroatoms. The first-order chi connectivity index (χ1) is 11.5. The van der Waals surface area contributed by atoms with Gasteiger partial charge in [0.05, 0.1) is 12.1 Å². The SMILES string of the molecule is Cc1noc(C)c1CC(=O)Nc1ncc(Cc2cccc(Cl)c2)s1. The molecule has 5 nitrogen and oxygen atoms in total. The van der Waals surface area contributed by atoms with Crippen LogP contribution in [0.1, 0.15) is 27.5 Å². The topological polar surface area (TPSA) is 68.0 Å². The van der Waals surface area contributed by atoms with E-state index in [1.807, 2.05) is 31.2 Å². The van der Waals surface area contributed by atoms with Crippen LogP contribution in [0.2, 0.25) is 5.02 Å². The maximum Gasteiger partial charge on any atom is 0.230 e. The summed E-state index contributed by atoms with van der Waals surface area (Å²) >= 11 is 7.45. The molecule has 0 atom stereocenters. The number of carbonyl (C=O) groups is 1. The van der Waals surface area contributed by atoms with E-state index in [0.29, 0.717) is 15.9 Å². The molecule has 0 spiro atoms. The summed E-state index contributed by atoms with van der Waals surface area (Å²) in [6, 6.07) is 7.71. The van der Waals surface area contributed by atoms with Crippen LogP contribution in [0.4, 0.5) is 5.13 Å². The van der Waals surface area contributed by atoms with Crippen molar-refractivity contribution in [2.75, 3.05) is 5.32 Å². The van der Waals surface area contributed by atoms with Gasteiger partial charge in [0.25, 0.3) is 0 Å². The molecule has 3 aromatic rings. The van der Waals surface area contributed by atoms with Crippen LogP contribution in [0.5, 0.6) is 0 Å². The normalized spacial score (nSPS) is 10.8. The van der Waals surface area contributed by atoms with Crippen molar-refractivity contribution < 1.29 is 9.32 Å². The first-order valence-corrected chi connectivity index (χ1v) is 8.61. The Bertz CT molecular complexity index is 853. The molecule has 0 saturated heterocycles. The van der Waals surface area contributed by atoms with Gasteiger partial charge in [0.1, 0.15) is 5.76 Å². The maximum atomic E-state index is 12.2. The second kappa shape index (κ2) is 7.15. The third-order valence-electron chi connectivity index (χ3n) is 3.59. The van der Waals surface area contributed by atoms with Crippen LogP contribution in [0, 0.1) is 13.8 Å². The summed E-state index contributed by atoms with van der Waals surface area (Å²) in [6.07, 6.45) is 2.74. The number of aryl methyl sites for hydroxylation is 2. The minimum atomic E-state index is -0.131. The number of hydrogen-bond acceptors (Lipinski definition) is 5. The third-order valence-corrected chi connectivity index (χ3v) is 4.73. The highest BCUT2D eigenvalue weighted by Gasteiger charge is 2.14. The average Bonchev–Trinajstić information content (AvgIpc) is 3.08. The van der Waals surface area contributed by atoms with Crippen molar-refractivity contribution >= 4 is 34.0 Å². The van der Waals surface area contributed by atoms with Gasteiger partial charge in [-0.3, -0.25) is 4.79 Å². The Morgan fingerprint density at radius 2 is 2.21 bits per heavy atom. The Morgan fingerprint density at radius 3 is 2.92 bits per heavy atom. The number of hydrogen-bond donors (Lipinski definition) is 1. The summed E-state index contributed by atoms with van der Waals surface area (Å²) in [5.74, 6) is 0.538. The Hall–Kier alpha value is -2.18. The second-order valence-electron chi connectivity index (χ2n) is 5.47. The van der Waals surface area contributed by atoms with Crippen molar-refractivity contribution in [3.63, 3.8) is 0 Å². The van der Waals surface area contributed by atoms with Crippen molar-refractivity contribution in [2.24, 2.45) is 0 Å². The third kappa shape index (κ3) is 4.01. The first-order valence-electron chi connectivity index (χ1n) is 7.42. The lowest BCUT2D eigenvalue weighted by atomic mass is 10.1. The number of amides is 1. The molecule has 3 rings (SSSR count). The molecule has 1 N–H and O–H groups in total. The van der Waals surface area contributed by atoms with Gasteiger partial charge >= 0.3 is 0 Å². The van der Waals surface area contributed by atoms with Crippen molar-refractivity contribution in [1.29, 1.82) is 0 Å². The number of anilines is 1. The quantitative estimate of drug-likeness (QED) is 0.740. The minimum absolute atomic E-state index is 0.131. The van der Waals surface area contributed by atoms with E-state index in [2.05, 4.69) is 15.5 Å². The molecule has 1 amide bonds. The monoisotopic (exact) mass is 361 g/mol. The van der Waals surface area contributed by atoms with Crippen molar-refractivity contribution in [3.05, 3.63) is 62.9 Å². The van der Waals surface area contributed by atoms with Gasteiger partial charge in [-0.25, -0.2) is 4.98 Å². The van der Waals surface area contributed by atoms with Crippen LogP contribution in [0.3, 0.4) is 0 Å². The lowest BCUT2D eigenvalue weighted by Crippen LogP contribution is -2.14. The zero-order valence-electron chi connectivity index (χ0n) is 13.3. The molecular formula is C17H16ClN3O2S. The van der Waals surface area contributed by atoms with Gasteiger partial charge in [-0.2, -0.15) is 0 Å². The fraction of sp³-hybridized carbons (Fsp3) is 0.235. The summed E-state index contributed by atoms with van der Waals surface area (Å²) in [4.78, 5) is 17.5. The highest BCUT2D eigenvalue weighted by Crippen LogP contribution is 2.23. The van der Waals surface area contributed by atoms with E-state index in [-0.39, 0.29) is 12.3 Å². The van der Waals surface area contributed by atoms with Crippen LogP contribution in [0.15, 0.2) is 35.0 Å². The van der Waals surface area contributed by atoms with Gasteiger partial charge in [0.15, 0.2) is 5.13 Å². The van der Waals surface area contributed by atoms with Gasteiger partial charge in [0.2, 0.25) is 5.91 Å². The lowest BCUT2D eigenvalue weighted by molar-refractivity contribution is -0.115. The van der Waals surface area contributed by atoms with Gasteiger partial charge in [-0.1, -0.05) is 28.9 Å². The molecule has 0 aliphatic carbocycles. The molecule has 0 radical (unpaired) electrons. The average molecular weight is 362 g/mol. The smallest absolute Gasteiger partial charge is 0.230 e. The highest BCUT2D eigenvalue weighted by molar-refractivity contribution is 7.15. The van der Waals surface area contributed by atoms with E-state index < -0.39 is 0 Å². The van der Waals surface area contributed by atoms with Crippen LogP contribution < -0.4 is 5.32 Å². The molecule has 1 aromatic carbocycles. The van der Waals surface area contributed by atoms with E-state index >= 15 is 0 Å². The molecule has 24 heavy (non-hydrogen) atoms. The molecule has 124 valence electrons. The Labute approximate surface area is 148 Å². The van der Waals surface area contributed by atoms with Crippen LogP contribution in [-0.4, -0.2) is 16.0 Å². The molecular weight excluding hydrogens is 346 g/mol. The summed E-state index contributed by atoms with van der Waals surface area (Å²) in [5, 5.41) is 7.98. The van der Waals surface area contributed by atoms with Gasteiger partial charge in [-0.15, -0.1) is 11.3 Å². The van der Waals surface area contributed by atoms with Crippen LogP contribution in [-0.2, 0) is 17.6 Å². The standard InChI is InChI=1S/C17H16ClN3O2S/c1-10-15(11(2)23-21-10)8-16(22)20-17-19-9-14(24-17)7-12-4-3-5-13(18)6-12/h3-6,9H,7-8H2,1-2H3,(H,19,20,22). The fourth-order valence-electron chi connectivity index (χ4n) is 2.37. The zero-order chi connectivity index (χ0) is 17.1. The molecule has 0 saturated carbocycles. The summed E-state index contributed by atoms with van der Waals surface area (Å²) in [5.41, 5.74) is 2.67. The number of benzene rings is 1. The number of nitrogens with one attached hydrogen (secondary N) is 1. The summed E-state index contributed by atoms with van der Waals surface area (Å²) < 4.78 is 5.07. The Morgan fingerprint density at radius 1 is 1.38 bits per heavy atom. The number of thiazole rings is 1. The number of aromatic nitrogens is 2. The van der Waals surface area contributed by atoms with E-state index in [4.69, 9.17) is 16.1 Å². The van der Waals surface area contributed by atoms with Crippen LogP contribution >= 0.6 is 22.9 Å². The number of rotatable bonds is 5. The van der Waals surface area contributed by atoms with E-state index in [1.54, 1.807) is 13.1 Å².